The second kappa shape index (κ2) is 11.2. The number of fused-ring (bicyclic) bond motifs is 15. The molecule has 0 amide bonds. The van der Waals surface area contributed by atoms with Gasteiger partial charge in [0.2, 0.25) is 0 Å². The van der Waals surface area contributed by atoms with Gasteiger partial charge in [-0.05, 0) is 112 Å². The van der Waals surface area contributed by atoms with Crippen LogP contribution in [0.1, 0.15) is 33.4 Å². The van der Waals surface area contributed by atoms with E-state index in [2.05, 4.69) is 157 Å². The van der Waals surface area contributed by atoms with Crippen molar-refractivity contribution in [2.24, 2.45) is 0 Å². The minimum Gasteiger partial charge on any atom is -0.256 e. The summed E-state index contributed by atoms with van der Waals surface area (Å²) in [5.74, 6) is 0. The van der Waals surface area contributed by atoms with Crippen LogP contribution >= 0.6 is 0 Å². The second-order valence-electron chi connectivity index (χ2n) is 14.1. The van der Waals surface area contributed by atoms with Gasteiger partial charge in [0.15, 0.2) is 5.69 Å². The Morgan fingerprint density at radius 2 is 1.00 bits per heavy atom. The molecule has 2 aliphatic carbocycles. The predicted molar refractivity (Wildman–Crippen MR) is 220 cm³/mol. The van der Waals surface area contributed by atoms with Gasteiger partial charge in [-0.15, -0.1) is 0 Å². The molecule has 0 fully saturated rings. The van der Waals surface area contributed by atoms with Gasteiger partial charge >= 0.3 is 0 Å². The predicted octanol–water partition coefficient (Wildman–Crippen LogP) is 13.3. The molecular weight excluding hydrogens is 641 g/mol. The molecule has 11 rings (SSSR count). The standard InChI is InChI=1S/C51H30N2/c1-52-37-25-22-34(23-26-37)50-27-24-36(31-53-50)35-21-20-33-19-18-32-10-2-8-16-46(32)51(48(33)28-35)47-17-9-7-15-42(47)45-29-43-40-13-5-3-11-38(40)39-12-4-6-14-41(39)44(43)30-49(45)51/h2-31H. The maximum atomic E-state index is 7.30. The molecule has 1 heterocycles. The van der Waals surface area contributed by atoms with Crippen molar-refractivity contribution in [2.75, 3.05) is 0 Å². The third-order valence-electron chi connectivity index (χ3n) is 11.6. The van der Waals surface area contributed by atoms with Gasteiger partial charge in [0.05, 0.1) is 17.7 Å². The molecule has 1 spiro atoms. The zero-order valence-electron chi connectivity index (χ0n) is 28.7. The molecule has 8 aromatic carbocycles. The molecule has 0 aliphatic heterocycles. The first kappa shape index (κ1) is 29.6. The zero-order valence-corrected chi connectivity index (χ0v) is 28.7. The van der Waals surface area contributed by atoms with Crippen LogP contribution in [-0.4, -0.2) is 4.98 Å². The summed E-state index contributed by atoms with van der Waals surface area (Å²) in [6.07, 6.45) is 6.57. The highest BCUT2D eigenvalue weighted by Gasteiger charge is 2.48. The summed E-state index contributed by atoms with van der Waals surface area (Å²) in [6, 6.07) is 59.6. The van der Waals surface area contributed by atoms with Crippen molar-refractivity contribution in [1.82, 2.24) is 4.98 Å². The lowest BCUT2D eigenvalue weighted by molar-refractivity contribution is 0.768. The number of hydrogen-bond donors (Lipinski definition) is 0. The SMILES string of the molecule is [C-]#[N+]c1ccc(-c2ccc(-c3ccc4c(c3)C3(c5ccccc5C=C4)c4ccccc4-c4cc5c6ccccc6c6ccccc6c5cc43)cn2)cc1. The molecule has 1 atom stereocenters. The summed E-state index contributed by atoms with van der Waals surface area (Å²) in [7, 11) is 0. The van der Waals surface area contributed by atoms with Gasteiger partial charge in [-0.2, -0.15) is 0 Å². The van der Waals surface area contributed by atoms with E-state index in [1.807, 2.05) is 30.5 Å². The quantitative estimate of drug-likeness (QED) is 0.132. The summed E-state index contributed by atoms with van der Waals surface area (Å²) < 4.78 is 0. The smallest absolute Gasteiger partial charge is 0.187 e. The molecule has 9 aromatic rings. The van der Waals surface area contributed by atoms with Gasteiger partial charge in [-0.3, -0.25) is 4.98 Å². The fourth-order valence-electron chi connectivity index (χ4n) is 9.21. The summed E-state index contributed by atoms with van der Waals surface area (Å²) in [5.41, 5.74) is 14.3. The lowest BCUT2D eigenvalue weighted by Gasteiger charge is -2.36. The van der Waals surface area contributed by atoms with Crippen molar-refractivity contribution in [2.45, 2.75) is 5.41 Å². The van der Waals surface area contributed by atoms with Crippen LogP contribution in [0.25, 0.3) is 82.8 Å². The Labute approximate surface area is 307 Å². The third-order valence-corrected chi connectivity index (χ3v) is 11.6. The van der Waals surface area contributed by atoms with Gasteiger partial charge < -0.3 is 0 Å². The molecule has 1 unspecified atom stereocenters. The van der Waals surface area contributed by atoms with Gasteiger partial charge in [0, 0.05) is 11.8 Å². The van der Waals surface area contributed by atoms with Crippen LogP contribution in [0.2, 0.25) is 0 Å². The molecule has 0 saturated heterocycles. The average molecular weight is 671 g/mol. The summed E-state index contributed by atoms with van der Waals surface area (Å²) >= 11 is 0. The van der Waals surface area contributed by atoms with E-state index >= 15 is 0 Å². The molecule has 2 aliphatic rings. The fourth-order valence-corrected chi connectivity index (χ4v) is 9.21. The Balaban J connectivity index is 1.21. The molecule has 53 heavy (non-hydrogen) atoms. The lowest BCUT2D eigenvalue weighted by atomic mass is 9.65. The molecule has 244 valence electrons. The van der Waals surface area contributed by atoms with Crippen molar-refractivity contribution < 1.29 is 0 Å². The maximum absolute atomic E-state index is 7.30. The Morgan fingerprint density at radius 3 is 1.70 bits per heavy atom. The van der Waals surface area contributed by atoms with E-state index in [0.29, 0.717) is 5.69 Å². The minimum atomic E-state index is -0.559. The van der Waals surface area contributed by atoms with E-state index < -0.39 is 5.41 Å². The van der Waals surface area contributed by atoms with Gasteiger partial charge in [-0.1, -0.05) is 152 Å². The fraction of sp³-hybridized carbons (Fsp3) is 0.0196. The number of aromatic nitrogens is 1. The largest absolute Gasteiger partial charge is 0.256 e. The second-order valence-corrected chi connectivity index (χ2v) is 14.1. The average Bonchev–Trinajstić information content (AvgIpc) is 3.43. The Kier molecular flexibility index (Phi) is 6.27. The highest BCUT2D eigenvalue weighted by molar-refractivity contribution is 6.26. The van der Waals surface area contributed by atoms with Crippen LogP contribution < -0.4 is 0 Å². The minimum absolute atomic E-state index is 0.559. The van der Waals surface area contributed by atoms with Gasteiger partial charge in [0.1, 0.15) is 0 Å². The Morgan fingerprint density at radius 1 is 0.415 bits per heavy atom. The van der Waals surface area contributed by atoms with Crippen molar-refractivity contribution in [1.29, 1.82) is 0 Å². The van der Waals surface area contributed by atoms with Crippen LogP contribution in [0, 0.1) is 6.57 Å². The summed E-state index contributed by atoms with van der Waals surface area (Å²) in [4.78, 5) is 8.44. The number of rotatable bonds is 2. The molecule has 2 nitrogen and oxygen atoms in total. The molecule has 2 heteroatoms. The molecule has 0 N–H and O–H groups in total. The van der Waals surface area contributed by atoms with Crippen LogP contribution in [0.3, 0.4) is 0 Å². The topological polar surface area (TPSA) is 17.2 Å². The van der Waals surface area contributed by atoms with E-state index in [1.165, 1.54) is 76.8 Å². The summed E-state index contributed by atoms with van der Waals surface area (Å²) in [6.45, 7) is 7.30. The van der Waals surface area contributed by atoms with Crippen LogP contribution in [-0.2, 0) is 5.41 Å². The molecule has 0 saturated carbocycles. The first-order valence-corrected chi connectivity index (χ1v) is 18.1. The molecule has 0 bridgehead atoms. The van der Waals surface area contributed by atoms with Crippen molar-refractivity contribution in [3.8, 4) is 33.5 Å². The molecule has 1 aromatic heterocycles. The highest BCUT2D eigenvalue weighted by Crippen LogP contribution is 2.60. The number of nitrogens with zero attached hydrogens (tertiary/aromatic N) is 2. The lowest BCUT2D eigenvalue weighted by Crippen LogP contribution is -2.30. The maximum Gasteiger partial charge on any atom is 0.187 e. The van der Waals surface area contributed by atoms with Crippen molar-refractivity contribution in [3.05, 3.63) is 215 Å². The van der Waals surface area contributed by atoms with E-state index in [-0.39, 0.29) is 0 Å². The zero-order chi connectivity index (χ0) is 35.1. The highest BCUT2D eigenvalue weighted by atomic mass is 14.7. The molecular formula is C51H30N2. The van der Waals surface area contributed by atoms with E-state index in [1.54, 1.807) is 0 Å². The van der Waals surface area contributed by atoms with Gasteiger partial charge in [-0.25, -0.2) is 4.85 Å². The van der Waals surface area contributed by atoms with Crippen LogP contribution in [0.15, 0.2) is 170 Å². The van der Waals surface area contributed by atoms with Crippen LogP contribution in [0.5, 0.6) is 0 Å². The van der Waals surface area contributed by atoms with Crippen molar-refractivity contribution in [3.63, 3.8) is 0 Å². The van der Waals surface area contributed by atoms with Crippen LogP contribution in [0.4, 0.5) is 5.69 Å². The number of pyridine rings is 1. The Hall–Kier alpha value is -7.08. The first-order valence-electron chi connectivity index (χ1n) is 18.1. The monoisotopic (exact) mass is 670 g/mol. The normalized spacial score (nSPS) is 15.2. The van der Waals surface area contributed by atoms with Crippen molar-refractivity contribution >= 4 is 50.2 Å². The summed E-state index contributed by atoms with van der Waals surface area (Å²) in [5, 5.41) is 7.69. The molecule has 0 radical (unpaired) electrons. The number of benzene rings is 8. The van der Waals surface area contributed by atoms with E-state index in [9.17, 15) is 0 Å². The first-order chi connectivity index (χ1) is 26.2. The van der Waals surface area contributed by atoms with E-state index in [4.69, 9.17) is 11.6 Å². The Bertz CT molecular complexity index is 3050. The van der Waals surface area contributed by atoms with E-state index in [0.717, 1.165) is 22.4 Å². The van der Waals surface area contributed by atoms with Gasteiger partial charge in [0.25, 0.3) is 0 Å². The number of hydrogen-bond acceptors (Lipinski definition) is 1. The third kappa shape index (κ3) is 4.17.